The van der Waals surface area contributed by atoms with E-state index in [-0.39, 0.29) is 0 Å². The number of nitrogens with zero attached hydrogens (tertiary/aromatic N) is 3. The van der Waals surface area contributed by atoms with E-state index in [1.165, 1.54) is 49.2 Å². The quantitative estimate of drug-likeness (QED) is 0.168. The molecule has 11 rings (SSSR count). The second-order valence-electron chi connectivity index (χ2n) is 14.3. The zero-order chi connectivity index (χ0) is 37.0. The molecule has 0 aliphatic carbocycles. The van der Waals surface area contributed by atoms with Gasteiger partial charge in [0.25, 0.3) is 0 Å². The molecule has 0 unspecified atom stereocenters. The molecule has 0 amide bonds. The maximum atomic E-state index is 5.35. The molecule has 3 heteroatoms. The highest BCUT2D eigenvalue weighted by Gasteiger charge is 2.19. The SMILES string of the molecule is c1ccc(-n2c3ccccc3c3cccc(-c4cccc(-c5cccc(-c6cccc(-c7cccc8c9ccccc9n(-c9ccccc9)c78)n6)c5)c4)c32)cc1. The second-order valence-corrected chi connectivity index (χ2v) is 14.3. The molecule has 0 aliphatic heterocycles. The Bertz CT molecular complexity index is 3030. The van der Waals surface area contributed by atoms with Crippen molar-refractivity contribution in [2.75, 3.05) is 0 Å². The van der Waals surface area contributed by atoms with Crippen LogP contribution in [0.2, 0.25) is 0 Å². The fourth-order valence-electron chi connectivity index (χ4n) is 8.64. The number of hydrogen-bond acceptors (Lipinski definition) is 1. The maximum Gasteiger partial charge on any atom is 0.0730 e. The first-order chi connectivity index (χ1) is 27.8. The molecule has 8 aromatic carbocycles. The summed E-state index contributed by atoms with van der Waals surface area (Å²) in [6.07, 6.45) is 0. The van der Waals surface area contributed by atoms with Crippen LogP contribution < -0.4 is 0 Å². The van der Waals surface area contributed by atoms with Gasteiger partial charge in [-0.1, -0.05) is 152 Å². The summed E-state index contributed by atoms with van der Waals surface area (Å²) in [4.78, 5) is 5.35. The van der Waals surface area contributed by atoms with Gasteiger partial charge in [0.2, 0.25) is 0 Å². The molecule has 0 saturated heterocycles. The van der Waals surface area contributed by atoms with Crippen LogP contribution in [0.4, 0.5) is 0 Å². The number of rotatable bonds is 6. The van der Waals surface area contributed by atoms with Crippen LogP contribution in [0.3, 0.4) is 0 Å². The van der Waals surface area contributed by atoms with E-state index >= 15 is 0 Å². The molecular formula is C53H35N3. The molecule has 3 aromatic heterocycles. The van der Waals surface area contributed by atoms with Crippen molar-refractivity contribution in [2.45, 2.75) is 0 Å². The lowest BCUT2D eigenvalue weighted by Crippen LogP contribution is -1.96. The van der Waals surface area contributed by atoms with Gasteiger partial charge >= 0.3 is 0 Å². The topological polar surface area (TPSA) is 22.8 Å². The van der Waals surface area contributed by atoms with E-state index in [2.05, 4.69) is 221 Å². The van der Waals surface area contributed by atoms with Crippen LogP contribution in [0.5, 0.6) is 0 Å². The molecule has 0 atom stereocenters. The molecular weight excluding hydrogens is 679 g/mol. The largest absolute Gasteiger partial charge is 0.309 e. The van der Waals surface area contributed by atoms with E-state index in [1.54, 1.807) is 0 Å². The van der Waals surface area contributed by atoms with Gasteiger partial charge in [0, 0.05) is 49.6 Å². The fourth-order valence-corrected chi connectivity index (χ4v) is 8.64. The standard InChI is InChI=1S/C53H35N3/c1-3-20-40(21-4-1)55-50-32-9-7-24-43(50)45-27-13-26-42(52(45)55)38-18-11-16-36(34-38)37-17-12-19-39(35-37)48-30-15-31-49(54-48)47-29-14-28-46-44-25-8-10-33-51(44)56(53(46)47)41-22-5-2-6-23-41/h1-35H. The Kier molecular flexibility index (Phi) is 7.49. The number of pyridine rings is 1. The van der Waals surface area contributed by atoms with Crippen molar-refractivity contribution in [1.29, 1.82) is 0 Å². The number of hydrogen-bond donors (Lipinski definition) is 0. The Morgan fingerprint density at radius 2 is 0.714 bits per heavy atom. The van der Waals surface area contributed by atoms with Crippen molar-refractivity contribution in [2.24, 2.45) is 0 Å². The Hall–Kier alpha value is -7.49. The third-order valence-corrected chi connectivity index (χ3v) is 11.1. The van der Waals surface area contributed by atoms with Gasteiger partial charge in [-0.05, 0) is 77.4 Å². The van der Waals surface area contributed by atoms with Gasteiger partial charge in [-0.3, -0.25) is 0 Å². The van der Waals surface area contributed by atoms with Crippen molar-refractivity contribution in [3.05, 3.63) is 212 Å². The molecule has 0 radical (unpaired) electrons. The third-order valence-electron chi connectivity index (χ3n) is 11.1. The minimum Gasteiger partial charge on any atom is -0.309 e. The van der Waals surface area contributed by atoms with Crippen molar-refractivity contribution < 1.29 is 0 Å². The van der Waals surface area contributed by atoms with E-state index in [4.69, 9.17) is 4.98 Å². The fraction of sp³-hybridized carbons (Fsp3) is 0. The Morgan fingerprint density at radius 3 is 1.34 bits per heavy atom. The summed E-state index contributed by atoms with van der Waals surface area (Å²) in [5.74, 6) is 0. The van der Waals surface area contributed by atoms with E-state index in [1.807, 2.05) is 0 Å². The Labute approximate surface area is 325 Å². The van der Waals surface area contributed by atoms with Gasteiger partial charge in [-0.2, -0.15) is 0 Å². The summed E-state index contributed by atoms with van der Waals surface area (Å²) in [5.41, 5.74) is 15.8. The predicted octanol–water partition coefficient (Wildman–Crippen LogP) is 13.9. The van der Waals surface area contributed by atoms with Crippen LogP contribution in [-0.4, -0.2) is 14.1 Å². The van der Waals surface area contributed by atoms with Gasteiger partial charge in [0.1, 0.15) is 0 Å². The monoisotopic (exact) mass is 713 g/mol. The van der Waals surface area contributed by atoms with E-state index in [0.717, 1.165) is 50.5 Å². The van der Waals surface area contributed by atoms with Gasteiger partial charge in [0.05, 0.1) is 33.5 Å². The summed E-state index contributed by atoms with van der Waals surface area (Å²) in [6, 6.07) is 76.1. The summed E-state index contributed by atoms with van der Waals surface area (Å²) in [5, 5.41) is 4.96. The first-order valence-electron chi connectivity index (χ1n) is 19.1. The number of fused-ring (bicyclic) bond motifs is 6. The second kappa shape index (κ2) is 13.1. The number of benzene rings is 8. The molecule has 11 aromatic rings. The zero-order valence-corrected chi connectivity index (χ0v) is 30.5. The average Bonchev–Trinajstić information content (AvgIpc) is 3.81. The van der Waals surface area contributed by atoms with Gasteiger partial charge in [-0.25, -0.2) is 4.98 Å². The smallest absolute Gasteiger partial charge is 0.0730 e. The third kappa shape index (κ3) is 5.17. The molecule has 262 valence electrons. The van der Waals surface area contributed by atoms with E-state index < -0.39 is 0 Å². The van der Waals surface area contributed by atoms with Gasteiger partial charge in [-0.15, -0.1) is 0 Å². The summed E-state index contributed by atoms with van der Waals surface area (Å²) in [7, 11) is 0. The Balaban J connectivity index is 1.02. The first kappa shape index (κ1) is 32.0. The van der Waals surface area contributed by atoms with Crippen molar-refractivity contribution in [3.63, 3.8) is 0 Å². The lowest BCUT2D eigenvalue weighted by atomic mass is 9.96. The number of aromatic nitrogens is 3. The highest BCUT2D eigenvalue weighted by molar-refractivity contribution is 6.15. The number of para-hydroxylation sites is 6. The van der Waals surface area contributed by atoms with Crippen molar-refractivity contribution in [1.82, 2.24) is 14.1 Å². The van der Waals surface area contributed by atoms with Gasteiger partial charge in [0.15, 0.2) is 0 Å². The summed E-state index contributed by atoms with van der Waals surface area (Å²) >= 11 is 0. The molecule has 56 heavy (non-hydrogen) atoms. The lowest BCUT2D eigenvalue weighted by Gasteiger charge is -2.13. The zero-order valence-electron chi connectivity index (χ0n) is 30.5. The normalized spacial score (nSPS) is 11.6. The Morgan fingerprint density at radius 1 is 0.286 bits per heavy atom. The molecule has 0 spiro atoms. The molecule has 0 bridgehead atoms. The highest BCUT2D eigenvalue weighted by Crippen LogP contribution is 2.40. The molecule has 0 fully saturated rings. The van der Waals surface area contributed by atoms with Crippen LogP contribution in [0, 0.1) is 0 Å². The van der Waals surface area contributed by atoms with E-state index in [9.17, 15) is 0 Å². The summed E-state index contributed by atoms with van der Waals surface area (Å²) in [6.45, 7) is 0. The average molecular weight is 714 g/mol. The van der Waals surface area contributed by atoms with E-state index in [0.29, 0.717) is 0 Å². The van der Waals surface area contributed by atoms with Crippen LogP contribution >= 0.6 is 0 Å². The predicted molar refractivity (Wildman–Crippen MR) is 235 cm³/mol. The van der Waals surface area contributed by atoms with Crippen LogP contribution in [0.25, 0.3) is 99.8 Å². The minimum absolute atomic E-state index is 0.942. The molecule has 3 nitrogen and oxygen atoms in total. The lowest BCUT2D eigenvalue weighted by molar-refractivity contribution is 1.18. The first-order valence-corrected chi connectivity index (χ1v) is 19.1. The van der Waals surface area contributed by atoms with Crippen molar-refractivity contribution in [3.8, 4) is 56.1 Å². The maximum absolute atomic E-state index is 5.35. The van der Waals surface area contributed by atoms with Crippen LogP contribution in [0.1, 0.15) is 0 Å². The van der Waals surface area contributed by atoms with Crippen molar-refractivity contribution >= 4 is 43.6 Å². The molecule has 0 N–H and O–H groups in total. The highest BCUT2D eigenvalue weighted by atomic mass is 15.0. The van der Waals surface area contributed by atoms with Crippen LogP contribution in [-0.2, 0) is 0 Å². The minimum atomic E-state index is 0.942. The molecule has 3 heterocycles. The van der Waals surface area contributed by atoms with Crippen LogP contribution in [0.15, 0.2) is 212 Å². The molecule has 0 aliphatic rings. The summed E-state index contributed by atoms with van der Waals surface area (Å²) < 4.78 is 4.79. The molecule has 0 saturated carbocycles. The van der Waals surface area contributed by atoms with Gasteiger partial charge < -0.3 is 9.13 Å².